The molecule has 3 aromatic carbocycles. The summed E-state index contributed by atoms with van der Waals surface area (Å²) in [4.78, 5) is 37.0. The lowest BCUT2D eigenvalue weighted by atomic mass is 10.1. The van der Waals surface area contributed by atoms with Gasteiger partial charge in [0, 0.05) is 18.5 Å². The highest BCUT2D eigenvalue weighted by atomic mass is 32.2. The summed E-state index contributed by atoms with van der Waals surface area (Å²) in [7, 11) is 1.62. The first-order valence-corrected chi connectivity index (χ1v) is 12.3. The number of para-hydroxylation sites is 1. The van der Waals surface area contributed by atoms with Gasteiger partial charge in [-0.05, 0) is 35.4 Å². The predicted molar refractivity (Wildman–Crippen MR) is 138 cm³/mol. The molecule has 2 aliphatic rings. The summed E-state index contributed by atoms with van der Waals surface area (Å²) in [6.45, 7) is 0.410. The molecule has 5 rings (SSSR count). The topological polar surface area (TPSA) is 83.4 Å². The van der Waals surface area contributed by atoms with Crippen LogP contribution in [0.1, 0.15) is 16.7 Å². The minimum absolute atomic E-state index is 0.122. The molecule has 2 amide bonds. The molecule has 7 nitrogen and oxygen atoms in total. The molecule has 8 heteroatoms. The Morgan fingerprint density at radius 2 is 1.74 bits per heavy atom. The van der Waals surface area contributed by atoms with E-state index in [2.05, 4.69) is 5.32 Å². The molecule has 1 unspecified atom stereocenters. The molecule has 0 saturated heterocycles. The first-order chi connectivity index (χ1) is 17.1. The van der Waals surface area contributed by atoms with Gasteiger partial charge in [0.05, 0.1) is 18.6 Å². The molecule has 1 N–H and O–H groups in total. The molecule has 0 aliphatic carbocycles. The van der Waals surface area contributed by atoms with Crippen molar-refractivity contribution in [2.75, 3.05) is 12.9 Å². The largest absolute Gasteiger partial charge is 0.497 e. The van der Waals surface area contributed by atoms with Crippen LogP contribution in [0.4, 0.5) is 5.69 Å². The van der Waals surface area contributed by atoms with E-state index in [1.807, 2.05) is 78.9 Å². The Morgan fingerprint density at radius 1 is 1.00 bits per heavy atom. The lowest BCUT2D eigenvalue weighted by Gasteiger charge is -2.25. The van der Waals surface area contributed by atoms with Gasteiger partial charge in [0.25, 0.3) is 5.91 Å². The molecule has 176 valence electrons. The van der Waals surface area contributed by atoms with Gasteiger partial charge in [-0.2, -0.15) is 0 Å². The van der Waals surface area contributed by atoms with Crippen LogP contribution in [0.5, 0.6) is 5.75 Å². The van der Waals surface area contributed by atoms with Gasteiger partial charge in [-0.25, -0.2) is 9.89 Å². The maximum Gasteiger partial charge on any atom is 0.259 e. The Labute approximate surface area is 207 Å². The minimum Gasteiger partial charge on any atom is -0.497 e. The maximum atomic E-state index is 13.4. The third-order valence-corrected chi connectivity index (χ3v) is 6.74. The summed E-state index contributed by atoms with van der Waals surface area (Å²) in [6.07, 6.45) is 0.516. The van der Waals surface area contributed by atoms with E-state index in [0.717, 1.165) is 28.1 Å². The summed E-state index contributed by atoms with van der Waals surface area (Å²) in [5, 5.41) is 3.39. The Hall–Kier alpha value is -3.91. The zero-order chi connectivity index (χ0) is 24.2. The Morgan fingerprint density at radius 3 is 2.51 bits per heavy atom. The van der Waals surface area contributed by atoms with Crippen molar-refractivity contribution < 1.29 is 14.3 Å². The molecule has 1 atom stereocenters. The maximum absolute atomic E-state index is 13.4. The monoisotopic (exact) mass is 484 g/mol. The molecule has 0 spiro atoms. The van der Waals surface area contributed by atoms with Crippen LogP contribution in [0, 0.1) is 0 Å². The van der Waals surface area contributed by atoms with Crippen molar-refractivity contribution in [3.8, 4) is 5.75 Å². The fourth-order valence-electron chi connectivity index (χ4n) is 3.99. The number of amidine groups is 2. The number of thioether (sulfide) groups is 1. The van der Waals surface area contributed by atoms with Crippen molar-refractivity contribution in [2.24, 2.45) is 9.98 Å². The quantitative estimate of drug-likeness (QED) is 0.551. The molecule has 0 bridgehead atoms. The summed E-state index contributed by atoms with van der Waals surface area (Å²) in [5.41, 5.74) is 3.59. The van der Waals surface area contributed by atoms with Crippen molar-refractivity contribution in [1.29, 1.82) is 0 Å². The number of fused-ring (bicyclic) bond motifs is 3. The van der Waals surface area contributed by atoms with Gasteiger partial charge >= 0.3 is 0 Å². The highest BCUT2D eigenvalue weighted by Crippen LogP contribution is 2.34. The van der Waals surface area contributed by atoms with Crippen LogP contribution in [-0.2, 0) is 22.6 Å². The molecular weight excluding hydrogens is 460 g/mol. The highest BCUT2D eigenvalue weighted by Gasteiger charge is 2.41. The minimum atomic E-state index is -0.520. The number of rotatable bonds is 7. The second-order valence-electron chi connectivity index (χ2n) is 8.16. The molecular formula is C27H24N4O3S. The number of ether oxygens (including phenoxy) is 1. The van der Waals surface area contributed by atoms with Gasteiger partial charge in [-0.3, -0.25) is 14.6 Å². The van der Waals surface area contributed by atoms with Crippen LogP contribution in [-0.4, -0.2) is 46.6 Å². The number of amides is 2. The number of carbonyl (C=O) groups is 2. The van der Waals surface area contributed by atoms with Gasteiger partial charge in [0.15, 0.2) is 5.17 Å². The summed E-state index contributed by atoms with van der Waals surface area (Å²) >= 11 is 1.24. The average molecular weight is 485 g/mol. The van der Waals surface area contributed by atoms with Crippen molar-refractivity contribution in [1.82, 2.24) is 10.2 Å². The second kappa shape index (κ2) is 10.1. The Bertz CT molecular complexity index is 1310. The number of hydrogen-bond donors (Lipinski definition) is 1. The predicted octanol–water partition coefficient (Wildman–Crippen LogP) is 3.95. The second-order valence-corrected chi connectivity index (χ2v) is 9.10. The molecule has 0 saturated carbocycles. The number of hydrogen-bond acceptors (Lipinski definition) is 6. The molecule has 3 aromatic rings. The van der Waals surface area contributed by atoms with Crippen molar-refractivity contribution >= 4 is 40.3 Å². The number of benzene rings is 3. The van der Waals surface area contributed by atoms with Gasteiger partial charge in [-0.15, -0.1) is 0 Å². The van der Waals surface area contributed by atoms with E-state index < -0.39 is 6.04 Å². The van der Waals surface area contributed by atoms with E-state index >= 15 is 0 Å². The summed E-state index contributed by atoms with van der Waals surface area (Å²) in [5.74, 6) is 1.24. The third kappa shape index (κ3) is 4.97. The van der Waals surface area contributed by atoms with E-state index in [-0.39, 0.29) is 17.6 Å². The van der Waals surface area contributed by atoms with Crippen LogP contribution in [0.15, 0.2) is 88.8 Å². The molecule has 35 heavy (non-hydrogen) atoms. The Balaban J connectivity index is 1.29. The first kappa shape index (κ1) is 22.9. The van der Waals surface area contributed by atoms with E-state index in [9.17, 15) is 9.59 Å². The van der Waals surface area contributed by atoms with Gasteiger partial charge < -0.3 is 10.1 Å². The van der Waals surface area contributed by atoms with Crippen LogP contribution in [0.2, 0.25) is 0 Å². The number of methoxy groups -OCH3 is 1. The zero-order valence-electron chi connectivity index (χ0n) is 19.2. The fourth-order valence-corrected chi connectivity index (χ4v) is 4.83. The van der Waals surface area contributed by atoms with E-state index in [1.165, 1.54) is 11.8 Å². The smallest absolute Gasteiger partial charge is 0.259 e. The van der Waals surface area contributed by atoms with Crippen LogP contribution >= 0.6 is 11.8 Å². The number of aliphatic imine (C=N–C) groups is 2. The van der Waals surface area contributed by atoms with Crippen LogP contribution in [0.25, 0.3) is 0 Å². The first-order valence-electron chi connectivity index (χ1n) is 11.3. The van der Waals surface area contributed by atoms with Gasteiger partial charge in [-0.1, -0.05) is 66.4 Å². The molecule has 0 fully saturated rings. The molecule has 0 aromatic heterocycles. The summed E-state index contributed by atoms with van der Waals surface area (Å²) < 4.78 is 5.16. The standard InChI is InChI=1S/C27H24N4O3S/c1-34-20-13-11-19(12-14-20)16-28-24(32)17-35-27-30-22-10-6-5-9-21(22)25-29-23(26(33)31(25)27)15-18-7-3-2-4-8-18/h2-14,23H,15-17H2,1H3,(H,28,32). The molecule has 0 radical (unpaired) electrons. The third-order valence-electron chi connectivity index (χ3n) is 5.80. The number of nitrogens with one attached hydrogen (secondary N) is 1. The van der Waals surface area contributed by atoms with Gasteiger partial charge in [0.1, 0.15) is 17.6 Å². The number of nitrogens with zero attached hydrogens (tertiary/aromatic N) is 3. The summed E-state index contributed by atoms with van der Waals surface area (Å²) in [6, 6.07) is 24.5. The van der Waals surface area contributed by atoms with Crippen LogP contribution < -0.4 is 10.1 Å². The number of carbonyl (C=O) groups excluding carboxylic acids is 2. The fraction of sp³-hybridized carbons (Fsp3) is 0.185. The normalized spacial score (nSPS) is 16.2. The average Bonchev–Trinajstić information content (AvgIpc) is 3.23. The molecule has 2 heterocycles. The van der Waals surface area contributed by atoms with E-state index in [1.54, 1.807) is 12.0 Å². The van der Waals surface area contributed by atoms with Crippen LogP contribution in [0.3, 0.4) is 0 Å². The van der Waals surface area contributed by atoms with Crippen molar-refractivity contribution in [2.45, 2.75) is 19.0 Å². The van der Waals surface area contributed by atoms with E-state index in [0.29, 0.717) is 24.0 Å². The lowest BCUT2D eigenvalue weighted by molar-refractivity contribution is -0.124. The van der Waals surface area contributed by atoms with Crippen molar-refractivity contribution in [3.63, 3.8) is 0 Å². The lowest BCUT2D eigenvalue weighted by Crippen LogP contribution is -2.42. The molecule has 2 aliphatic heterocycles. The highest BCUT2D eigenvalue weighted by molar-refractivity contribution is 8.14. The zero-order valence-corrected chi connectivity index (χ0v) is 20.0. The SMILES string of the molecule is COc1ccc(CNC(=O)CSC2=Nc3ccccc3C3=NC(Cc4ccccc4)C(=O)N23)cc1. The van der Waals surface area contributed by atoms with Crippen molar-refractivity contribution in [3.05, 3.63) is 95.6 Å². The van der Waals surface area contributed by atoms with Gasteiger partial charge in [0.2, 0.25) is 5.91 Å². The van der Waals surface area contributed by atoms with E-state index in [4.69, 9.17) is 14.7 Å². The Kier molecular flexibility index (Phi) is 6.63.